The lowest BCUT2D eigenvalue weighted by molar-refractivity contribution is 0.0920. The van der Waals surface area contributed by atoms with Crippen molar-refractivity contribution in [2.45, 2.75) is 19.6 Å². The number of carbonyl (C=O) groups excluding carboxylic acids is 3. The van der Waals surface area contributed by atoms with Crippen molar-refractivity contribution in [2.24, 2.45) is 0 Å². The van der Waals surface area contributed by atoms with Gasteiger partial charge in [-0.15, -0.1) is 0 Å². The van der Waals surface area contributed by atoms with Gasteiger partial charge in [0.15, 0.2) is 5.76 Å². The summed E-state index contributed by atoms with van der Waals surface area (Å²) >= 11 is 0. The Morgan fingerprint density at radius 3 is 1.90 bits per heavy atom. The van der Waals surface area contributed by atoms with E-state index in [0.29, 0.717) is 27.8 Å². The predicted molar refractivity (Wildman–Crippen MR) is 143 cm³/mol. The highest BCUT2D eigenvalue weighted by Crippen LogP contribution is 2.46. The first kappa shape index (κ1) is 26.0. The minimum absolute atomic E-state index is 0.122. The molecule has 200 valence electrons. The van der Waals surface area contributed by atoms with Crippen LogP contribution in [-0.4, -0.2) is 39.4 Å². The summed E-state index contributed by atoms with van der Waals surface area (Å²) in [5, 5.41) is 1.31. The summed E-state index contributed by atoms with van der Waals surface area (Å²) < 4.78 is 43.6. The maximum atomic E-state index is 13.7. The Hall–Kier alpha value is -4.64. The van der Waals surface area contributed by atoms with E-state index in [9.17, 15) is 22.8 Å². The second-order valence-electron chi connectivity index (χ2n) is 8.60. The first-order chi connectivity index (χ1) is 18.8. The number of hydrogen-bond donors (Lipinski definition) is 1. The number of imide groups is 1. The zero-order chi connectivity index (χ0) is 27.7. The lowest BCUT2D eigenvalue weighted by Crippen LogP contribution is -2.31. The smallest absolute Gasteiger partial charge is 0.300 e. The molecular weight excluding hydrogens is 524 g/mol. The third kappa shape index (κ3) is 4.72. The number of ether oxygens (including phenoxy) is 2. The van der Waals surface area contributed by atoms with Gasteiger partial charge >= 0.3 is 0 Å². The summed E-state index contributed by atoms with van der Waals surface area (Å²) in [6.07, 6.45) is 1.26. The Labute approximate surface area is 224 Å². The van der Waals surface area contributed by atoms with Gasteiger partial charge in [0.1, 0.15) is 11.5 Å². The lowest BCUT2D eigenvalue weighted by atomic mass is 9.99. The number of rotatable bonds is 9. The number of carbonyl (C=O) groups is 3. The zero-order valence-electron chi connectivity index (χ0n) is 21.1. The Kier molecular flexibility index (Phi) is 6.83. The van der Waals surface area contributed by atoms with E-state index in [1.165, 1.54) is 42.7 Å². The normalized spacial score (nSPS) is 13.0. The Bertz CT molecular complexity index is 1630. The molecular formula is C28H24N2O8S. The second kappa shape index (κ2) is 10.3. The molecule has 0 aliphatic carbocycles. The number of sulfonamides is 1. The molecule has 11 heteroatoms. The van der Waals surface area contributed by atoms with Crippen LogP contribution in [-0.2, 0) is 15.8 Å². The fourth-order valence-electron chi connectivity index (χ4n) is 4.52. The number of hydrogen-bond acceptors (Lipinski definition) is 8. The van der Waals surface area contributed by atoms with Crippen LogP contribution in [0.3, 0.4) is 0 Å². The quantitative estimate of drug-likeness (QED) is 0.307. The zero-order valence-corrected chi connectivity index (χ0v) is 21.9. The van der Waals surface area contributed by atoms with E-state index in [4.69, 9.17) is 13.9 Å². The molecule has 1 N–H and O–H groups in total. The van der Waals surface area contributed by atoms with Gasteiger partial charge in [0.25, 0.3) is 17.7 Å². The molecule has 4 aromatic rings. The minimum Gasteiger partial charge on any atom is -0.492 e. The van der Waals surface area contributed by atoms with E-state index in [1.54, 1.807) is 13.8 Å². The monoisotopic (exact) mass is 548 g/mol. The molecule has 2 heterocycles. The molecule has 0 fully saturated rings. The van der Waals surface area contributed by atoms with Gasteiger partial charge in [-0.1, -0.05) is 36.4 Å². The molecule has 0 saturated carbocycles. The van der Waals surface area contributed by atoms with E-state index in [2.05, 4.69) is 0 Å². The van der Waals surface area contributed by atoms with Crippen LogP contribution in [0.25, 0.3) is 10.8 Å². The third-order valence-corrected chi connectivity index (χ3v) is 7.29. The highest BCUT2D eigenvalue weighted by molar-refractivity contribution is 7.89. The topological polar surface area (TPSA) is 132 Å². The molecule has 0 atom stereocenters. The van der Waals surface area contributed by atoms with Gasteiger partial charge in [-0.3, -0.25) is 14.4 Å². The van der Waals surface area contributed by atoms with E-state index >= 15 is 0 Å². The van der Waals surface area contributed by atoms with Crippen LogP contribution in [0.5, 0.6) is 11.5 Å². The van der Waals surface area contributed by atoms with Crippen molar-refractivity contribution < 1.29 is 36.7 Å². The molecule has 1 aliphatic heterocycles. The number of nitrogens with one attached hydrogen (secondary N) is 1. The van der Waals surface area contributed by atoms with E-state index in [0.717, 1.165) is 4.90 Å². The van der Waals surface area contributed by atoms with E-state index in [-0.39, 0.29) is 35.8 Å². The van der Waals surface area contributed by atoms with Crippen molar-refractivity contribution >= 4 is 44.2 Å². The number of amides is 3. The Balaban J connectivity index is 1.47. The molecule has 10 nitrogen and oxygen atoms in total. The third-order valence-electron chi connectivity index (χ3n) is 6.08. The van der Waals surface area contributed by atoms with E-state index in [1.807, 2.05) is 29.0 Å². The predicted octanol–water partition coefficient (Wildman–Crippen LogP) is 4.29. The fraction of sp³-hybridized carbons (Fsp3) is 0.179. The molecule has 3 amide bonds. The van der Waals surface area contributed by atoms with Crippen molar-refractivity contribution in [2.75, 3.05) is 18.1 Å². The highest BCUT2D eigenvalue weighted by Gasteiger charge is 2.43. The number of fused-ring (bicyclic) bond motifs is 2. The van der Waals surface area contributed by atoms with Crippen molar-refractivity contribution in [1.29, 1.82) is 0 Å². The SMILES string of the molecule is CCOc1c2c(c(OCC)c3ccccc13)C(=O)N(c1ccc(CS(=O)(=O)NC(=O)c3ccco3)cc1)C2=O. The van der Waals surface area contributed by atoms with Gasteiger partial charge in [0.05, 0.1) is 42.0 Å². The summed E-state index contributed by atoms with van der Waals surface area (Å²) in [6.45, 7) is 4.15. The van der Waals surface area contributed by atoms with Crippen molar-refractivity contribution in [3.8, 4) is 11.5 Å². The first-order valence-corrected chi connectivity index (χ1v) is 13.8. The molecule has 1 aromatic heterocycles. The molecule has 0 spiro atoms. The van der Waals surface area contributed by atoms with Crippen molar-refractivity contribution in [3.05, 3.63) is 89.4 Å². The summed E-state index contributed by atoms with van der Waals surface area (Å²) in [6, 6.07) is 16.0. The van der Waals surface area contributed by atoms with Crippen molar-refractivity contribution in [3.63, 3.8) is 0 Å². The highest BCUT2D eigenvalue weighted by atomic mass is 32.2. The molecule has 39 heavy (non-hydrogen) atoms. The number of nitrogens with zero attached hydrogens (tertiary/aromatic N) is 1. The standard InChI is InChI=1S/C28H24N2O8S/c1-3-36-24-19-8-5-6-9-20(19)25(37-4-2)23-22(24)27(32)30(28(23)33)18-13-11-17(12-14-18)16-39(34,35)29-26(31)21-10-7-15-38-21/h5-15H,3-4,16H2,1-2H3,(H,29,31). The van der Waals surface area contributed by atoms with Crippen LogP contribution in [0.4, 0.5) is 5.69 Å². The van der Waals surface area contributed by atoms with Crippen LogP contribution in [0.1, 0.15) is 50.7 Å². The van der Waals surface area contributed by atoms with Gasteiger partial charge in [0.2, 0.25) is 10.0 Å². The summed E-state index contributed by atoms with van der Waals surface area (Å²) in [5.74, 6) is -2.05. The van der Waals surface area contributed by atoms with Crippen LogP contribution in [0, 0.1) is 0 Å². The molecule has 0 unspecified atom stereocenters. The Morgan fingerprint density at radius 2 is 1.41 bits per heavy atom. The van der Waals surface area contributed by atoms with Crippen molar-refractivity contribution in [1.82, 2.24) is 4.72 Å². The summed E-state index contributed by atoms with van der Waals surface area (Å²) in [4.78, 5) is 40.4. The van der Waals surface area contributed by atoms with Gasteiger partial charge < -0.3 is 13.9 Å². The Morgan fingerprint density at radius 1 is 0.846 bits per heavy atom. The van der Waals surface area contributed by atoms with Crippen LogP contribution >= 0.6 is 0 Å². The second-order valence-corrected chi connectivity index (χ2v) is 10.3. The maximum Gasteiger partial charge on any atom is 0.300 e. The molecule has 0 radical (unpaired) electrons. The number of benzene rings is 3. The molecule has 0 bridgehead atoms. The van der Waals surface area contributed by atoms with E-state index < -0.39 is 33.5 Å². The minimum atomic E-state index is -4.04. The van der Waals surface area contributed by atoms with Crippen LogP contribution < -0.4 is 19.1 Å². The van der Waals surface area contributed by atoms with Gasteiger partial charge in [-0.2, -0.15) is 0 Å². The van der Waals surface area contributed by atoms with Crippen LogP contribution in [0.15, 0.2) is 71.3 Å². The fourth-order valence-corrected chi connectivity index (χ4v) is 5.61. The van der Waals surface area contributed by atoms with Gasteiger partial charge in [0, 0.05) is 10.8 Å². The lowest BCUT2D eigenvalue weighted by Gasteiger charge is -2.15. The summed E-state index contributed by atoms with van der Waals surface area (Å²) in [7, 11) is -4.04. The molecule has 0 saturated heterocycles. The number of furan rings is 1. The first-order valence-electron chi connectivity index (χ1n) is 12.2. The largest absolute Gasteiger partial charge is 0.492 e. The average Bonchev–Trinajstić information content (AvgIpc) is 3.53. The molecule has 5 rings (SSSR count). The van der Waals surface area contributed by atoms with Gasteiger partial charge in [-0.05, 0) is 43.7 Å². The number of anilines is 1. The van der Waals surface area contributed by atoms with Crippen LogP contribution in [0.2, 0.25) is 0 Å². The maximum absolute atomic E-state index is 13.7. The summed E-state index contributed by atoms with van der Waals surface area (Å²) in [5.41, 5.74) is 0.828. The van der Waals surface area contributed by atoms with Gasteiger partial charge in [-0.25, -0.2) is 18.0 Å². The average molecular weight is 549 g/mol. The molecule has 1 aliphatic rings. The molecule has 3 aromatic carbocycles.